The van der Waals surface area contributed by atoms with E-state index in [1.165, 1.54) is 4.31 Å². The number of nitrogens with zero attached hydrogens (tertiary/aromatic N) is 3. The second kappa shape index (κ2) is 7.56. The number of thiazole rings is 1. The van der Waals surface area contributed by atoms with Crippen LogP contribution in [0.1, 0.15) is 17.9 Å². The van der Waals surface area contributed by atoms with E-state index in [1.54, 1.807) is 11.3 Å². The van der Waals surface area contributed by atoms with Crippen LogP contribution in [0.2, 0.25) is 0 Å². The molecule has 1 aromatic heterocycles. The highest BCUT2D eigenvalue weighted by atomic mass is 32.2. The van der Waals surface area contributed by atoms with Crippen LogP contribution in [0.4, 0.5) is 5.13 Å². The zero-order chi connectivity index (χ0) is 21.6. The first-order chi connectivity index (χ1) is 14.9. The molecule has 0 amide bonds. The van der Waals surface area contributed by atoms with E-state index in [0.717, 1.165) is 20.9 Å². The monoisotopic (exact) mass is 458 g/mol. The molecule has 2 fully saturated rings. The van der Waals surface area contributed by atoms with Crippen molar-refractivity contribution in [3.63, 3.8) is 0 Å². The second-order valence-electron chi connectivity index (χ2n) is 7.90. The zero-order valence-corrected chi connectivity index (χ0v) is 18.3. The van der Waals surface area contributed by atoms with Crippen LogP contribution in [-0.4, -0.2) is 60.5 Å². The van der Waals surface area contributed by atoms with Crippen LogP contribution in [0.15, 0.2) is 54.6 Å². The number of nitrogens with one attached hydrogen (secondary N) is 1. The highest BCUT2D eigenvalue weighted by Gasteiger charge is 2.63. The van der Waals surface area contributed by atoms with Crippen LogP contribution >= 0.6 is 11.3 Å². The molecule has 10 heteroatoms. The van der Waals surface area contributed by atoms with Crippen LogP contribution < -0.4 is 9.62 Å². The Morgan fingerprint density at radius 3 is 2.42 bits per heavy atom. The van der Waals surface area contributed by atoms with Crippen molar-refractivity contribution >= 4 is 42.9 Å². The SMILES string of the molecule is O=C(O)[C@@]1(NS(=O)(=O)N2CCN(c3nc4ccccc4s3)CC2)C[C@H]1c1ccccc1. The number of anilines is 1. The van der Waals surface area contributed by atoms with Gasteiger partial charge in [-0.2, -0.15) is 17.4 Å². The largest absolute Gasteiger partial charge is 0.480 e. The number of rotatable bonds is 6. The number of aromatic nitrogens is 1. The zero-order valence-electron chi connectivity index (χ0n) is 16.6. The first kappa shape index (κ1) is 20.4. The molecule has 8 nitrogen and oxygen atoms in total. The fraction of sp³-hybridized carbons (Fsp3) is 0.333. The maximum atomic E-state index is 13.0. The van der Waals surface area contributed by atoms with E-state index in [1.807, 2.05) is 54.6 Å². The lowest BCUT2D eigenvalue weighted by Gasteiger charge is -2.34. The summed E-state index contributed by atoms with van der Waals surface area (Å²) in [6.45, 7) is 1.56. The molecule has 1 saturated heterocycles. The number of hydrogen-bond acceptors (Lipinski definition) is 6. The van der Waals surface area contributed by atoms with Crippen molar-refractivity contribution in [2.45, 2.75) is 17.9 Å². The number of para-hydroxylation sites is 1. The van der Waals surface area contributed by atoms with E-state index < -0.39 is 21.7 Å². The van der Waals surface area contributed by atoms with E-state index in [9.17, 15) is 18.3 Å². The van der Waals surface area contributed by atoms with Gasteiger partial charge in [-0.25, -0.2) is 4.98 Å². The normalized spacial score (nSPS) is 24.4. The predicted octanol–water partition coefficient (Wildman–Crippen LogP) is 2.26. The van der Waals surface area contributed by atoms with Gasteiger partial charge in [-0.05, 0) is 24.1 Å². The summed E-state index contributed by atoms with van der Waals surface area (Å²) in [6.07, 6.45) is 0.247. The van der Waals surface area contributed by atoms with Gasteiger partial charge in [0.15, 0.2) is 5.13 Å². The Hall–Kier alpha value is -2.53. The third-order valence-corrected chi connectivity index (χ3v) is 8.75. The van der Waals surface area contributed by atoms with Crippen LogP contribution in [-0.2, 0) is 15.0 Å². The van der Waals surface area contributed by atoms with Gasteiger partial charge in [0, 0.05) is 32.1 Å². The summed E-state index contributed by atoms with van der Waals surface area (Å²) < 4.78 is 31.0. The van der Waals surface area contributed by atoms with Gasteiger partial charge in [0.25, 0.3) is 10.2 Å². The first-order valence-corrected chi connectivity index (χ1v) is 12.3. The third-order valence-electron chi connectivity index (χ3n) is 5.99. The number of hydrogen-bond donors (Lipinski definition) is 2. The van der Waals surface area contributed by atoms with Gasteiger partial charge >= 0.3 is 5.97 Å². The molecule has 162 valence electrons. The average molecular weight is 459 g/mol. The van der Waals surface area contributed by atoms with Crippen molar-refractivity contribution in [3.8, 4) is 0 Å². The quantitative estimate of drug-likeness (QED) is 0.587. The minimum atomic E-state index is -3.94. The standard InChI is InChI=1S/C21H22N4O4S2/c26-19(27)21(14-16(21)15-6-2-1-3-7-15)23-31(28,29)25-12-10-24(11-13-25)20-22-17-8-4-5-9-18(17)30-20/h1-9,16,23H,10-14H2,(H,26,27)/t16-,21+/m0/s1. The summed E-state index contributed by atoms with van der Waals surface area (Å²) in [5.41, 5.74) is 0.279. The maximum Gasteiger partial charge on any atom is 0.325 e. The molecule has 2 atom stereocenters. The smallest absolute Gasteiger partial charge is 0.325 e. The summed E-state index contributed by atoms with van der Waals surface area (Å²) in [7, 11) is -3.94. The Kier molecular flexibility index (Phi) is 4.97. The molecule has 2 aliphatic rings. The molecule has 1 saturated carbocycles. The Balaban J connectivity index is 1.28. The van der Waals surface area contributed by atoms with Gasteiger partial charge in [-0.1, -0.05) is 53.8 Å². The van der Waals surface area contributed by atoms with Gasteiger partial charge in [0.05, 0.1) is 10.2 Å². The second-order valence-corrected chi connectivity index (χ2v) is 10.6. The molecular weight excluding hydrogens is 436 g/mol. The van der Waals surface area contributed by atoms with Gasteiger partial charge in [-0.15, -0.1) is 0 Å². The van der Waals surface area contributed by atoms with Crippen molar-refractivity contribution < 1.29 is 18.3 Å². The fourth-order valence-corrected chi connectivity index (χ4v) is 6.72. The Labute approximate surface area is 184 Å². The Morgan fingerprint density at radius 1 is 1.06 bits per heavy atom. The van der Waals surface area contributed by atoms with Crippen LogP contribution in [0, 0.1) is 0 Å². The van der Waals surface area contributed by atoms with E-state index in [0.29, 0.717) is 13.1 Å². The molecule has 1 aliphatic carbocycles. The summed E-state index contributed by atoms with van der Waals surface area (Å²) in [5.74, 6) is -1.51. The van der Waals surface area contributed by atoms with E-state index >= 15 is 0 Å². The lowest BCUT2D eigenvalue weighted by Crippen LogP contribution is -2.56. The maximum absolute atomic E-state index is 13.0. The minimum absolute atomic E-state index is 0.247. The van der Waals surface area contributed by atoms with Crippen LogP contribution in [0.25, 0.3) is 10.2 Å². The summed E-state index contributed by atoms with van der Waals surface area (Å²) in [6, 6.07) is 17.1. The van der Waals surface area contributed by atoms with E-state index in [2.05, 4.69) is 14.6 Å². The molecule has 0 unspecified atom stereocenters. The number of fused-ring (bicyclic) bond motifs is 1. The Bertz CT molecular complexity index is 1190. The topological polar surface area (TPSA) is 103 Å². The lowest BCUT2D eigenvalue weighted by atomic mass is 10.1. The molecule has 2 heterocycles. The number of carboxylic acids is 1. The van der Waals surface area contributed by atoms with E-state index in [4.69, 9.17) is 0 Å². The van der Waals surface area contributed by atoms with Crippen LogP contribution in [0.5, 0.6) is 0 Å². The summed E-state index contributed by atoms with van der Waals surface area (Å²) in [4.78, 5) is 18.7. The highest BCUT2D eigenvalue weighted by molar-refractivity contribution is 7.87. The molecule has 0 radical (unpaired) electrons. The average Bonchev–Trinajstić information content (AvgIpc) is 3.33. The number of carbonyl (C=O) groups is 1. The highest BCUT2D eigenvalue weighted by Crippen LogP contribution is 2.52. The molecule has 0 bridgehead atoms. The fourth-order valence-electron chi connectivity index (χ4n) is 4.15. The van der Waals surface area contributed by atoms with Crippen molar-refractivity contribution in [2.24, 2.45) is 0 Å². The first-order valence-electron chi connectivity index (χ1n) is 10.1. The van der Waals surface area contributed by atoms with Gasteiger partial charge in [0.2, 0.25) is 0 Å². The molecule has 31 heavy (non-hydrogen) atoms. The number of piperazine rings is 1. The molecular formula is C21H22N4O4S2. The van der Waals surface area contributed by atoms with E-state index in [-0.39, 0.29) is 25.4 Å². The summed E-state index contributed by atoms with van der Waals surface area (Å²) in [5, 5.41) is 10.7. The van der Waals surface area contributed by atoms with Crippen molar-refractivity contribution in [1.29, 1.82) is 0 Å². The summed E-state index contributed by atoms with van der Waals surface area (Å²) >= 11 is 1.59. The van der Waals surface area contributed by atoms with Gasteiger partial charge in [-0.3, -0.25) is 4.79 Å². The minimum Gasteiger partial charge on any atom is -0.480 e. The molecule has 5 rings (SSSR count). The van der Waals surface area contributed by atoms with Crippen molar-refractivity contribution in [3.05, 3.63) is 60.2 Å². The number of aliphatic carboxylic acids is 1. The van der Waals surface area contributed by atoms with Crippen molar-refractivity contribution in [2.75, 3.05) is 31.1 Å². The van der Waals surface area contributed by atoms with Crippen molar-refractivity contribution in [1.82, 2.24) is 14.0 Å². The molecule has 2 N–H and O–H groups in total. The predicted molar refractivity (Wildman–Crippen MR) is 120 cm³/mol. The number of carboxylic acid groups (broad SMARTS) is 1. The Morgan fingerprint density at radius 2 is 1.74 bits per heavy atom. The molecule has 0 spiro atoms. The van der Waals surface area contributed by atoms with Gasteiger partial charge < -0.3 is 10.0 Å². The lowest BCUT2D eigenvalue weighted by molar-refractivity contribution is -0.140. The molecule has 1 aliphatic heterocycles. The number of benzene rings is 2. The molecule has 3 aromatic rings. The third kappa shape index (κ3) is 3.69. The molecule has 2 aromatic carbocycles. The van der Waals surface area contributed by atoms with Gasteiger partial charge in [0.1, 0.15) is 5.54 Å². The van der Waals surface area contributed by atoms with Crippen LogP contribution in [0.3, 0.4) is 0 Å².